The summed E-state index contributed by atoms with van der Waals surface area (Å²) in [6, 6.07) is 5.50. The van der Waals surface area contributed by atoms with Crippen molar-refractivity contribution in [2.45, 2.75) is 18.9 Å². The van der Waals surface area contributed by atoms with E-state index in [-0.39, 0.29) is 12.0 Å². The second-order valence-corrected chi connectivity index (χ2v) is 6.98. The Kier molecular flexibility index (Phi) is 5.15. The number of β-amino-alcohol motifs (C(OH)–C–C–N with tert-alkyl or cyclic N) is 1. The number of hydrogen-bond donors (Lipinski definition) is 1. The molecule has 0 unspecified atom stereocenters. The lowest BCUT2D eigenvalue weighted by Gasteiger charge is -2.22. The first-order valence-electron chi connectivity index (χ1n) is 9.41. The fourth-order valence-corrected chi connectivity index (χ4v) is 3.61. The van der Waals surface area contributed by atoms with Gasteiger partial charge >= 0.3 is 0 Å². The molecule has 2 aliphatic heterocycles. The average molecular weight is 368 g/mol. The highest BCUT2D eigenvalue weighted by atomic mass is 16.3. The molecule has 8 heteroatoms. The molecule has 4 heterocycles. The molecule has 1 atom stereocenters. The van der Waals surface area contributed by atoms with Gasteiger partial charge in [0, 0.05) is 57.9 Å². The molecule has 2 aromatic heterocycles. The number of aliphatic hydroxyl groups is 1. The summed E-state index contributed by atoms with van der Waals surface area (Å²) >= 11 is 0. The molecule has 2 saturated heterocycles. The Morgan fingerprint density at radius 1 is 1.00 bits per heavy atom. The van der Waals surface area contributed by atoms with Crippen molar-refractivity contribution in [3.05, 3.63) is 42.4 Å². The summed E-state index contributed by atoms with van der Waals surface area (Å²) in [5.74, 6) is 1.53. The normalized spacial score (nSPS) is 20.6. The molecule has 142 valence electrons. The maximum absolute atomic E-state index is 12.9. The number of carbonyl (C=O) groups is 1. The number of aliphatic hydroxyl groups excluding tert-OH is 1. The quantitative estimate of drug-likeness (QED) is 0.857. The molecule has 0 saturated carbocycles. The van der Waals surface area contributed by atoms with Crippen molar-refractivity contribution >= 4 is 17.7 Å². The van der Waals surface area contributed by atoms with E-state index in [4.69, 9.17) is 0 Å². The Balaban J connectivity index is 1.39. The van der Waals surface area contributed by atoms with Crippen LogP contribution in [0.2, 0.25) is 0 Å². The average Bonchev–Trinajstić information content (AvgIpc) is 3.00. The molecular formula is C19H24N6O2. The van der Waals surface area contributed by atoms with Gasteiger partial charge in [0.15, 0.2) is 0 Å². The zero-order valence-corrected chi connectivity index (χ0v) is 15.2. The number of aromatic nitrogens is 3. The van der Waals surface area contributed by atoms with Crippen LogP contribution in [-0.2, 0) is 0 Å². The second-order valence-electron chi connectivity index (χ2n) is 6.98. The van der Waals surface area contributed by atoms with Crippen LogP contribution in [0.15, 0.2) is 36.8 Å². The SMILES string of the molecule is O=C(c1ccc(N2CC[C@@H](O)C2)nc1)N1CCCN(c2ncccn2)CC1. The first kappa shape index (κ1) is 17.7. The smallest absolute Gasteiger partial charge is 0.255 e. The van der Waals surface area contributed by atoms with Gasteiger partial charge in [-0.25, -0.2) is 15.0 Å². The molecule has 8 nitrogen and oxygen atoms in total. The van der Waals surface area contributed by atoms with Crippen LogP contribution in [0.25, 0.3) is 0 Å². The molecule has 4 rings (SSSR count). The lowest BCUT2D eigenvalue weighted by atomic mass is 10.2. The molecule has 27 heavy (non-hydrogen) atoms. The Bertz CT molecular complexity index is 770. The fraction of sp³-hybridized carbons (Fsp3) is 0.474. The summed E-state index contributed by atoms with van der Waals surface area (Å²) in [7, 11) is 0. The van der Waals surface area contributed by atoms with Crippen LogP contribution in [-0.4, -0.2) is 76.2 Å². The number of rotatable bonds is 3. The minimum Gasteiger partial charge on any atom is -0.391 e. The van der Waals surface area contributed by atoms with Gasteiger partial charge in [-0.05, 0) is 31.0 Å². The van der Waals surface area contributed by atoms with Crippen LogP contribution < -0.4 is 9.80 Å². The number of carbonyl (C=O) groups excluding carboxylic acids is 1. The highest BCUT2D eigenvalue weighted by Gasteiger charge is 2.23. The molecule has 2 aromatic rings. The van der Waals surface area contributed by atoms with E-state index in [1.54, 1.807) is 24.7 Å². The van der Waals surface area contributed by atoms with Crippen molar-refractivity contribution in [1.82, 2.24) is 19.9 Å². The van der Waals surface area contributed by atoms with E-state index in [1.165, 1.54) is 0 Å². The molecule has 2 fully saturated rings. The van der Waals surface area contributed by atoms with Crippen molar-refractivity contribution in [2.24, 2.45) is 0 Å². The van der Waals surface area contributed by atoms with E-state index in [9.17, 15) is 9.90 Å². The molecule has 0 aromatic carbocycles. The highest BCUT2D eigenvalue weighted by Crippen LogP contribution is 2.19. The van der Waals surface area contributed by atoms with Gasteiger partial charge in [0.1, 0.15) is 5.82 Å². The van der Waals surface area contributed by atoms with Crippen LogP contribution >= 0.6 is 0 Å². The zero-order valence-electron chi connectivity index (χ0n) is 15.2. The third-order valence-corrected chi connectivity index (χ3v) is 5.10. The standard InChI is InChI=1S/C19H24N6O2/c26-16-5-10-25(14-16)17-4-3-15(13-22-17)18(27)23-8-2-9-24(12-11-23)19-20-6-1-7-21-19/h1,3-4,6-7,13,16,26H,2,5,8-12,14H2/t16-/m1/s1. The third kappa shape index (κ3) is 4.00. The molecule has 0 spiro atoms. The fourth-order valence-electron chi connectivity index (χ4n) is 3.61. The molecular weight excluding hydrogens is 344 g/mol. The lowest BCUT2D eigenvalue weighted by Crippen LogP contribution is -2.35. The number of amides is 1. The predicted octanol–water partition coefficient (Wildman–Crippen LogP) is 0.795. The van der Waals surface area contributed by atoms with Crippen LogP contribution in [0, 0.1) is 0 Å². The van der Waals surface area contributed by atoms with E-state index in [0.717, 1.165) is 31.7 Å². The van der Waals surface area contributed by atoms with Crippen LogP contribution in [0.4, 0.5) is 11.8 Å². The first-order valence-corrected chi connectivity index (χ1v) is 9.41. The van der Waals surface area contributed by atoms with Gasteiger partial charge in [-0.15, -0.1) is 0 Å². The van der Waals surface area contributed by atoms with Gasteiger partial charge in [-0.1, -0.05) is 0 Å². The monoisotopic (exact) mass is 368 g/mol. The molecule has 2 aliphatic rings. The van der Waals surface area contributed by atoms with Gasteiger partial charge in [0.05, 0.1) is 11.7 Å². The summed E-state index contributed by atoms with van der Waals surface area (Å²) in [5, 5.41) is 9.66. The van der Waals surface area contributed by atoms with Crippen LogP contribution in [0.3, 0.4) is 0 Å². The minimum atomic E-state index is -0.290. The summed E-state index contributed by atoms with van der Waals surface area (Å²) in [5.41, 5.74) is 0.600. The highest BCUT2D eigenvalue weighted by molar-refractivity contribution is 5.94. The summed E-state index contributed by atoms with van der Waals surface area (Å²) in [4.78, 5) is 31.9. The number of hydrogen-bond acceptors (Lipinski definition) is 7. The van der Waals surface area contributed by atoms with E-state index in [2.05, 4.69) is 19.9 Å². The van der Waals surface area contributed by atoms with E-state index in [1.807, 2.05) is 21.9 Å². The Morgan fingerprint density at radius 2 is 1.85 bits per heavy atom. The van der Waals surface area contributed by atoms with Crippen molar-refractivity contribution in [1.29, 1.82) is 0 Å². The van der Waals surface area contributed by atoms with Gasteiger partial charge in [-0.2, -0.15) is 0 Å². The van der Waals surface area contributed by atoms with E-state index >= 15 is 0 Å². The molecule has 1 N–H and O–H groups in total. The van der Waals surface area contributed by atoms with Gasteiger partial charge in [-0.3, -0.25) is 4.79 Å². The van der Waals surface area contributed by atoms with Gasteiger partial charge < -0.3 is 19.8 Å². The Labute approximate surface area is 158 Å². The van der Waals surface area contributed by atoms with Gasteiger partial charge in [0.2, 0.25) is 5.95 Å². The minimum absolute atomic E-state index is 0.00587. The third-order valence-electron chi connectivity index (χ3n) is 5.10. The summed E-state index contributed by atoms with van der Waals surface area (Å²) in [6.07, 6.45) is 6.47. The second kappa shape index (κ2) is 7.87. The van der Waals surface area contributed by atoms with E-state index < -0.39 is 0 Å². The molecule has 1 amide bonds. The van der Waals surface area contributed by atoms with Gasteiger partial charge in [0.25, 0.3) is 5.91 Å². The van der Waals surface area contributed by atoms with Crippen molar-refractivity contribution in [3.8, 4) is 0 Å². The Morgan fingerprint density at radius 3 is 2.56 bits per heavy atom. The molecule has 0 bridgehead atoms. The summed E-state index contributed by atoms with van der Waals surface area (Å²) < 4.78 is 0. The number of anilines is 2. The zero-order chi connectivity index (χ0) is 18.6. The van der Waals surface area contributed by atoms with Crippen molar-refractivity contribution < 1.29 is 9.90 Å². The van der Waals surface area contributed by atoms with Crippen molar-refractivity contribution in [2.75, 3.05) is 49.1 Å². The summed E-state index contributed by atoms with van der Waals surface area (Å²) in [6.45, 7) is 4.30. The lowest BCUT2D eigenvalue weighted by molar-refractivity contribution is 0.0766. The predicted molar refractivity (Wildman–Crippen MR) is 102 cm³/mol. The van der Waals surface area contributed by atoms with Crippen LogP contribution in [0.1, 0.15) is 23.2 Å². The number of nitrogens with zero attached hydrogens (tertiary/aromatic N) is 6. The number of pyridine rings is 1. The maximum atomic E-state index is 12.9. The first-order chi connectivity index (χ1) is 13.2. The maximum Gasteiger partial charge on any atom is 0.255 e. The molecule has 0 radical (unpaired) electrons. The molecule has 0 aliphatic carbocycles. The van der Waals surface area contributed by atoms with E-state index in [0.29, 0.717) is 37.7 Å². The Hall–Kier alpha value is -2.74. The van der Waals surface area contributed by atoms with Crippen LogP contribution in [0.5, 0.6) is 0 Å². The van der Waals surface area contributed by atoms with Crippen molar-refractivity contribution in [3.63, 3.8) is 0 Å². The largest absolute Gasteiger partial charge is 0.391 e. The topological polar surface area (TPSA) is 85.7 Å².